The van der Waals surface area contributed by atoms with Gasteiger partial charge in [-0.3, -0.25) is 0 Å². The molecule has 0 aromatic heterocycles. The van der Waals surface area contributed by atoms with Gasteiger partial charge in [0.1, 0.15) is 6.67 Å². The van der Waals surface area contributed by atoms with E-state index in [0.29, 0.717) is 5.92 Å². The second-order valence-electron chi connectivity index (χ2n) is 11.4. The van der Waals surface area contributed by atoms with Gasteiger partial charge in [-0.15, -0.1) is 0 Å². The maximum absolute atomic E-state index is 12.8. The van der Waals surface area contributed by atoms with Crippen LogP contribution in [0.4, 0.5) is 4.39 Å². The lowest BCUT2D eigenvalue weighted by molar-refractivity contribution is 0.108. The SMILES string of the molecule is CCCCC[C@H]1CC[C@H]([C@H]2CC[C@H]([C@H]3CC[C@H](c4ccc(CF)cc4)CC3)CC2)CC1. The van der Waals surface area contributed by atoms with Crippen molar-refractivity contribution in [3.63, 3.8) is 0 Å². The van der Waals surface area contributed by atoms with Crippen molar-refractivity contribution in [3.8, 4) is 0 Å². The van der Waals surface area contributed by atoms with Gasteiger partial charge in [-0.1, -0.05) is 69.7 Å². The fourth-order valence-corrected chi connectivity index (χ4v) is 7.52. The predicted octanol–water partition coefficient (Wildman–Crippen LogP) is 9.62. The maximum Gasteiger partial charge on any atom is 0.115 e. The Morgan fingerprint density at radius 3 is 1.61 bits per heavy atom. The molecule has 4 rings (SSSR count). The van der Waals surface area contributed by atoms with Crippen molar-refractivity contribution in [1.82, 2.24) is 0 Å². The van der Waals surface area contributed by atoms with Gasteiger partial charge in [0.15, 0.2) is 0 Å². The van der Waals surface area contributed by atoms with Gasteiger partial charge in [-0.2, -0.15) is 0 Å². The van der Waals surface area contributed by atoms with Crippen molar-refractivity contribution in [2.24, 2.45) is 29.6 Å². The molecule has 0 spiro atoms. The molecule has 0 N–H and O–H groups in total. The van der Waals surface area contributed by atoms with Crippen LogP contribution in [0.2, 0.25) is 0 Å². The molecule has 0 heterocycles. The standard InChI is InChI=1S/C30H47F/c1-2-3-4-5-23-6-10-25(11-7-23)27-14-18-29(19-15-27)30-20-16-28(17-21-30)26-12-8-24(22-31)9-13-26/h8-9,12-13,23,25,27-30H,2-7,10-11,14-22H2,1H3/t23-,25-,27-,28-,29-,30-. The van der Waals surface area contributed by atoms with Gasteiger partial charge in [0.05, 0.1) is 0 Å². The van der Waals surface area contributed by atoms with E-state index in [1.165, 1.54) is 95.5 Å². The number of benzene rings is 1. The molecule has 1 aromatic rings. The molecule has 0 aliphatic heterocycles. The van der Waals surface area contributed by atoms with Gasteiger partial charge in [0.2, 0.25) is 0 Å². The average Bonchev–Trinajstić information content (AvgIpc) is 2.85. The Kier molecular flexibility index (Phi) is 8.91. The van der Waals surface area contributed by atoms with Crippen LogP contribution >= 0.6 is 0 Å². The molecule has 0 bridgehead atoms. The molecule has 174 valence electrons. The Hall–Kier alpha value is -0.850. The van der Waals surface area contributed by atoms with Gasteiger partial charge >= 0.3 is 0 Å². The lowest BCUT2D eigenvalue weighted by Crippen LogP contribution is -2.29. The fraction of sp³-hybridized carbons (Fsp3) is 0.800. The summed E-state index contributed by atoms with van der Waals surface area (Å²) < 4.78 is 12.8. The predicted molar refractivity (Wildman–Crippen MR) is 131 cm³/mol. The molecular weight excluding hydrogens is 379 g/mol. The first-order valence-corrected chi connectivity index (χ1v) is 13.9. The summed E-state index contributed by atoms with van der Waals surface area (Å²) >= 11 is 0. The summed E-state index contributed by atoms with van der Waals surface area (Å²) in [5.74, 6) is 5.88. The van der Waals surface area contributed by atoms with Crippen molar-refractivity contribution in [2.45, 2.75) is 122 Å². The number of rotatable bonds is 8. The number of halogens is 1. The van der Waals surface area contributed by atoms with Gasteiger partial charge in [-0.05, 0) is 111 Å². The Bertz CT molecular complexity index is 610. The van der Waals surface area contributed by atoms with Crippen molar-refractivity contribution >= 4 is 0 Å². The highest BCUT2D eigenvalue weighted by Gasteiger charge is 2.34. The van der Waals surface area contributed by atoms with E-state index in [1.54, 1.807) is 12.8 Å². The van der Waals surface area contributed by atoms with Crippen LogP contribution in [0.5, 0.6) is 0 Å². The zero-order valence-electron chi connectivity index (χ0n) is 20.2. The van der Waals surface area contributed by atoms with Gasteiger partial charge < -0.3 is 0 Å². The molecule has 0 saturated heterocycles. The first-order chi connectivity index (χ1) is 15.3. The molecule has 0 amide bonds. The Morgan fingerprint density at radius 2 is 1.13 bits per heavy atom. The van der Waals surface area contributed by atoms with E-state index in [4.69, 9.17) is 0 Å². The normalized spacial score (nSPS) is 34.5. The molecule has 3 aliphatic rings. The third-order valence-corrected chi connectivity index (χ3v) is 9.63. The number of hydrogen-bond acceptors (Lipinski definition) is 0. The topological polar surface area (TPSA) is 0 Å². The van der Waals surface area contributed by atoms with Crippen molar-refractivity contribution in [2.75, 3.05) is 0 Å². The molecule has 3 fully saturated rings. The van der Waals surface area contributed by atoms with Crippen LogP contribution in [0.25, 0.3) is 0 Å². The van der Waals surface area contributed by atoms with Crippen LogP contribution in [0.3, 0.4) is 0 Å². The summed E-state index contributed by atoms with van der Waals surface area (Å²) in [5.41, 5.74) is 2.27. The summed E-state index contributed by atoms with van der Waals surface area (Å²) in [4.78, 5) is 0. The van der Waals surface area contributed by atoms with E-state index < -0.39 is 0 Å². The van der Waals surface area contributed by atoms with Crippen molar-refractivity contribution < 1.29 is 4.39 Å². The van der Waals surface area contributed by atoms with Crippen LogP contribution in [0.1, 0.15) is 127 Å². The molecule has 0 atom stereocenters. The Balaban J connectivity index is 1.15. The highest BCUT2D eigenvalue weighted by atomic mass is 19.1. The highest BCUT2D eigenvalue weighted by molar-refractivity contribution is 5.25. The smallest absolute Gasteiger partial charge is 0.115 e. The summed E-state index contributed by atoms with van der Waals surface area (Å²) in [6.45, 7) is 1.99. The first-order valence-electron chi connectivity index (χ1n) is 13.9. The molecular formula is C30H47F. The van der Waals surface area contributed by atoms with Crippen LogP contribution in [-0.4, -0.2) is 0 Å². The molecule has 1 heteroatoms. The Morgan fingerprint density at radius 1 is 0.645 bits per heavy atom. The van der Waals surface area contributed by atoms with Crippen LogP contribution in [0.15, 0.2) is 24.3 Å². The highest BCUT2D eigenvalue weighted by Crippen LogP contribution is 2.47. The van der Waals surface area contributed by atoms with Crippen LogP contribution in [0, 0.1) is 29.6 Å². The Labute approximate surface area is 191 Å². The zero-order chi connectivity index (χ0) is 21.5. The zero-order valence-corrected chi connectivity index (χ0v) is 20.2. The van der Waals surface area contributed by atoms with Crippen molar-refractivity contribution in [3.05, 3.63) is 35.4 Å². The lowest BCUT2D eigenvalue weighted by Gasteiger charge is -2.41. The minimum atomic E-state index is -0.337. The number of hydrogen-bond donors (Lipinski definition) is 0. The maximum atomic E-state index is 12.8. The molecule has 1 aromatic carbocycles. The number of alkyl halides is 1. The third kappa shape index (κ3) is 6.35. The summed E-state index contributed by atoms with van der Waals surface area (Å²) in [7, 11) is 0. The largest absolute Gasteiger partial charge is 0.246 e. The van der Waals surface area contributed by atoms with Gasteiger partial charge in [0, 0.05) is 0 Å². The van der Waals surface area contributed by atoms with Gasteiger partial charge in [0.25, 0.3) is 0 Å². The minimum absolute atomic E-state index is 0.337. The van der Waals surface area contributed by atoms with E-state index in [1.807, 2.05) is 12.1 Å². The molecule has 3 saturated carbocycles. The van der Waals surface area contributed by atoms with E-state index >= 15 is 0 Å². The third-order valence-electron chi connectivity index (χ3n) is 9.63. The van der Waals surface area contributed by atoms with Gasteiger partial charge in [-0.25, -0.2) is 4.39 Å². The quantitative estimate of drug-likeness (QED) is 0.363. The van der Waals surface area contributed by atoms with Crippen molar-refractivity contribution in [1.29, 1.82) is 0 Å². The average molecular weight is 427 g/mol. The molecule has 0 nitrogen and oxygen atoms in total. The summed E-state index contributed by atoms with van der Waals surface area (Å²) in [5, 5.41) is 0. The minimum Gasteiger partial charge on any atom is -0.246 e. The molecule has 0 unspecified atom stereocenters. The first kappa shape index (κ1) is 23.3. The monoisotopic (exact) mass is 426 g/mol. The van der Waals surface area contributed by atoms with Crippen LogP contribution < -0.4 is 0 Å². The second kappa shape index (κ2) is 11.9. The molecule has 31 heavy (non-hydrogen) atoms. The van der Waals surface area contributed by atoms with E-state index in [0.717, 1.165) is 35.2 Å². The fourth-order valence-electron chi connectivity index (χ4n) is 7.52. The molecule has 3 aliphatic carbocycles. The van der Waals surface area contributed by atoms with E-state index in [-0.39, 0.29) is 6.67 Å². The number of unbranched alkanes of at least 4 members (excludes halogenated alkanes) is 2. The second-order valence-corrected chi connectivity index (χ2v) is 11.4. The van der Waals surface area contributed by atoms with E-state index in [2.05, 4.69) is 19.1 Å². The lowest BCUT2D eigenvalue weighted by atomic mass is 9.64. The van der Waals surface area contributed by atoms with E-state index in [9.17, 15) is 4.39 Å². The summed E-state index contributed by atoms with van der Waals surface area (Å²) in [6.07, 6.45) is 23.6. The van der Waals surface area contributed by atoms with Crippen LogP contribution in [-0.2, 0) is 6.67 Å². The summed E-state index contributed by atoms with van der Waals surface area (Å²) in [6, 6.07) is 8.34. The molecule has 0 radical (unpaired) electrons.